The summed E-state index contributed by atoms with van der Waals surface area (Å²) in [5.74, 6) is -0.461. The van der Waals surface area contributed by atoms with E-state index in [2.05, 4.69) is 9.80 Å². The van der Waals surface area contributed by atoms with Crippen molar-refractivity contribution < 1.29 is 18.3 Å². The summed E-state index contributed by atoms with van der Waals surface area (Å²) in [7, 11) is 0. The molecule has 2 saturated heterocycles. The number of carbonyl (C=O) groups excluding carboxylic acids is 1. The van der Waals surface area contributed by atoms with Crippen molar-refractivity contribution in [1.82, 2.24) is 9.80 Å². The summed E-state index contributed by atoms with van der Waals surface area (Å²) in [5.41, 5.74) is 2.94. The zero-order valence-corrected chi connectivity index (χ0v) is 19.1. The summed E-state index contributed by atoms with van der Waals surface area (Å²) < 4.78 is 32.9. The first kappa shape index (κ1) is 22.1. The summed E-state index contributed by atoms with van der Waals surface area (Å²) in [6.45, 7) is 6.40. The van der Waals surface area contributed by atoms with Crippen molar-refractivity contribution in [3.63, 3.8) is 0 Å². The minimum atomic E-state index is -0.255. The molecule has 0 aliphatic carbocycles. The molecule has 0 saturated carbocycles. The van der Waals surface area contributed by atoms with Gasteiger partial charge in [-0.2, -0.15) is 0 Å². The molecule has 1 amide bonds. The zero-order chi connectivity index (χ0) is 23.0. The smallest absolute Gasteiger partial charge is 0.409 e. The Hall–Kier alpha value is -2.67. The van der Waals surface area contributed by atoms with Crippen LogP contribution in [-0.2, 0) is 10.2 Å². The van der Waals surface area contributed by atoms with Gasteiger partial charge in [0.1, 0.15) is 11.6 Å². The number of nitrogens with zero attached hydrogens (tertiary/aromatic N) is 3. The van der Waals surface area contributed by atoms with Crippen LogP contribution < -0.4 is 4.90 Å². The van der Waals surface area contributed by atoms with E-state index in [4.69, 9.17) is 4.74 Å². The van der Waals surface area contributed by atoms with Crippen LogP contribution in [0, 0.1) is 11.6 Å². The molecule has 3 aliphatic rings. The van der Waals surface area contributed by atoms with Gasteiger partial charge in [0.15, 0.2) is 0 Å². The molecular weight excluding hydrogens is 424 g/mol. The van der Waals surface area contributed by atoms with Gasteiger partial charge in [0, 0.05) is 42.5 Å². The Bertz CT molecular complexity index is 997. The van der Waals surface area contributed by atoms with Crippen LogP contribution in [0.5, 0.6) is 0 Å². The molecule has 2 aromatic rings. The SMILES string of the molecule is CCOC(=O)N1CCC(N2CCC3(CC2)CN(c2ccc(F)cc2)c2ccc(F)cc23)CC1. The maximum atomic E-state index is 14.3. The van der Waals surface area contributed by atoms with Crippen LogP contribution in [0.1, 0.15) is 38.2 Å². The predicted octanol–water partition coefficient (Wildman–Crippen LogP) is 5.07. The van der Waals surface area contributed by atoms with E-state index in [0.717, 1.165) is 75.3 Å². The van der Waals surface area contributed by atoms with Crippen LogP contribution in [0.4, 0.5) is 25.0 Å². The summed E-state index contributed by atoms with van der Waals surface area (Å²) in [6, 6.07) is 12.1. The lowest BCUT2D eigenvalue weighted by Gasteiger charge is -2.45. The van der Waals surface area contributed by atoms with Crippen molar-refractivity contribution in [2.75, 3.05) is 44.2 Å². The molecule has 2 fully saturated rings. The number of ether oxygens (including phenoxy) is 1. The average molecular weight is 456 g/mol. The number of hydrogen-bond acceptors (Lipinski definition) is 4. The Morgan fingerprint density at radius 1 is 1.00 bits per heavy atom. The largest absolute Gasteiger partial charge is 0.450 e. The van der Waals surface area contributed by atoms with Gasteiger partial charge in [-0.3, -0.25) is 0 Å². The molecule has 0 N–H and O–H groups in total. The molecule has 7 heteroatoms. The molecular formula is C26H31F2N3O2. The summed E-state index contributed by atoms with van der Waals surface area (Å²) in [6.07, 6.45) is 3.62. The lowest BCUT2D eigenvalue weighted by Crippen LogP contribution is -2.52. The van der Waals surface area contributed by atoms with Gasteiger partial charge in [-0.1, -0.05) is 0 Å². The van der Waals surface area contributed by atoms with E-state index < -0.39 is 0 Å². The molecule has 3 aliphatic heterocycles. The van der Waals surface area contributed by atoms with Crippen molar-refractivity contribution in [2.45, 2.75) is 44.1 Å². The number of rotatable bonds is 3. The highest BCUT2D eigenvalue weighted by Crippen LogP contribution is 2.50. The van der Waals surface area contributed by atoms with E-state index in [1.807, 2.05) is 17.9 Å². The van der Waals surface area contributed by atoms with Crippen LogP contribution in [0.25, 0.3) is 0 Å². The molecule has 176 valence electrons. The number of hydrogen-bond donors (Lipinski definition) is 0. The van der Waals surface area contributed by atoms with Crippen molar-refractivity contribution in [2.24, 2.45) is 0 Å². The van der Waals surface area contributed by atoms with Crippen LogP contribution >= 0.6 is 0 Å². The summed E-state index contributed by atoms with van der Waals surface area (Å²) in [5, 5.41) is 0. The van der Waals surface area contributed by atoms with Gasteiger partial charge in [-0.25, -0.2) is 13.6 Å². The van der Waals surface area contributed by atoms with Gasteiger partial charge in [0.25, 0.3) is 0 Å². The summed E-state index contributed by atoms with van der Waals surface area (Å²) >= 11 is 0. The second kappa shape index (κ2) is 8.93. The fourth-order valence-electron chi connectivity index (χ4n) is 5.87. The van der Waals surface area contributed by atoms with E-state index in [-0.39, 0.29) is 23.1 Å². The number of benzene rings is 2. The molecule has 3 heterocycles. The van der Waals surface area contributed by atoms with Crippen LogP contribution in [-0.4, -0.2) is 61.3 Å². The van der Waals surface area contributed by atoms with Crippen LogP contribution in [0.15, 0.2) is 42.5 Å². The first-order chi connectivity index (χ1) is 16.0. The number of likely N-dealkylation sites (tertiary alicyclic amines) is 2. The molecule has 1 spiro atoms. The summed E-state index contributed by atoms with van der Waals surface area (Å²) in [4.78, 5) is 18.6. The van der Waals surface area contributed by atoms with Crippen molar-refractivity contribution in [1.29, 1.82) is 0 Å². The van der Waals surface area contributed by atoms with Gasteiger partial charge in [-0.05, 0) is 93.7 Å². The lowest BCUT2D eigenvalue weighted by molar-refractivity contribution is 0.0581. The second-order valence-corrected chi connectivity index (χ2v) is 9.46. The molecule has 5 nitrogen and oxygen atoms in total. The molecule has 5 rings (SSSR count). The number of amides is 1. The number of halogens is 2. The lowest BCUT2D eigenvalue weighted by atomic mass is 9.74. The van der Waals surface area contributed by atoms with E-state index in [1.165, 1.54) is 18.2 Å². The van der Waals surface area contributed by atoms with Crippen molar-refractivity contribution in [3.05, 3.63) is 59.7 Å². The Morgan fingerprint density at radius 2 is 1.67 bits per heavy atom. The Balaban J connectivity index is 1.29. The highest BCUT2D eigenvalue weighted by atomic mass is 19.1. The predicted molar refractivity (Wildman–Crippen MR) is 124 cm³/mol. The molecule has 33 heavy (non-hydrogen) atoms. The topological polar surface area (TPSA) is 36.0 Å². The Kier molecular flexibility index (Phi) is 5.99. The van der Waals surface area contributed by atoms with Crippen molar-refractivity contribution >= 4 is 17.5 Å². The number of carbonyl (C=O) groups is 1. The van der Waals surface area contributed by atoms with E-state index in [9.17, 15) is 13.6 Å². The number of piperidine rings is 2. The van der Waals surface area contributed by atoms with E-state index in [0.29, 0.717) is 12.6 Å². The van der Waals surface area contributed by atoms with Crippen LogP contribution in [0.3, 0.4) is 0 Å². The molecule has 0 radical (unpaired) electrons. The quantitative estimate of drug-likeness (QED) is 0.647. The normalized spacial score (nSPS) is 20.8. The molecule has 0 unspecified atom stereocenters. The second-order valence-electron chi connectivity index (χ2n) is 9.46. The van der Waals surface area contributed by atoms with E-state index >= 15 is 0 Å². The Labute approximate surface area is 193 Å². The highest BCUT2D eigenvalue weighted by Gasteiger charge is 2.46. The minimum Gasteiger partial charge on any atom is -0.450 e. The maximum Gasteiger partial charge on any atom is 0.409 e. The van der Waals surface area contributed by atoms with Gasteiger partial charge in [0.2, 0.25) is 0 Å². The third-order valence-electron chi connectivity index (χ3n) is 7.68. The van der Waals surface area contributed by atoms with Gasteiger partial charge in [-0.15, -0.1) is 0 Å². The number of anilines is 2. The standard InChI is InChI=1S/C26H31F2N3O2/c1-2-33-25(32)30-13-9-21(10-14-30)29-15-11-26(12-16-29)18-31(22-6-3-19(27)4-7-22)24-8-5-20(28)17-23(24)26/h3-8,17,21H,2,9-16,18H2,1H3. The fraction of sp³-hybridized carbons (Fsp3) is 0.500. The number of fused-ring (bicyclic) bond motifs is 2. The minimum absolute atomic E-state index is 0.103. The first-order valence-electron chi connectivity index (χ1n) is 12.0. The monoisotopic (exact) mass is 455 g/mol. The maximum absolute atomic E-state index is 14.3. The van der Waals surface area contributed by atoms with Crippen molar-refractivity contribution in [3.8, 4) is 0 Å². The van der Waals surface area contributed by atoms with Gasteiger partial charge in [0.05, 0.1) is 6.61 Å². The Morgan fingerprint density at radius 3 is 2.33 bits per heavy atom. The average Bonchev–Trinajstić information content (AvgIpc) is 3.13. The highest BCUT2D eigenvalue weighted by molar-refractivity contribution is 5.73. The first-order valence-corrected chi connectivity index (χ1v) is 12.0. The third kappa shape index (κ3) is 4.19. The zero-order valence-electron chi connectivity index (χ0n) is 19.1. The van der Waals surface area contributed by atoms with Crippen LogP contribution in [0.2, 0.25) is 0 Å². The van der Waals surface area contributed by atoms with Gasteiger partial charge >= 0.3 is 6.09 Å². The van der Waals surface area contributed by atoms with E-state index in [1.54, 1.807) is 18.2 Å². The third-order valence-corrected chi connectivity index (χ3v) is 7.68. The molecule has 2 aromatic carbocycles. The molecule has 0 atom stereocenters. The van der Waals surface area contributed by atoms with Gasteiger partial charge < -0.3 is 19.4 Å². The fourth-order valence-corrected chi connectivity index (χ4v) is 5.87. The molecule has 0 bridgehead atoms. The molecule has 0 aromatic heterocycles.